The molecule has 0 bridgehead atoms. The molecule has 174 valence electrons. The molecule has 0 saturated carbocycles. The predicted octanol–water partition coefficient (Wildman–Crippen LogP) is 1.10. The smallest absolute Gasteiger partial charge is 0.235 e. The van der Waals surface area contributed by atoms with Crippen molar-refractivity contribution < 1.29 is 22.3 Å². The topological polar surface area (TPSA) is 91.0 Å². The van der Waals surface area contributed by atoms with Crippen LogP contribution in [-0.2, 0) is 14.8 Å². The van der Waals surface area contributed by atoms with Gasteiger partial charge in [0.05, 0.1) is 18.3 Å². The fourth-order valence-electron chi connectivity index (χ4n) is 4.10. The summed E-state index contributed by atoms with van der Waals surface area (Å²) in [6.45, 7) is 9.80. The maximum absolute atomic E-state index is 14.0. The highest BCUT2D eigenvalue weighted by atomic mass is 32.2. The Kier molecular flexibility index (Phi) is 7.56. The van der Waals surface area contributed by atoms with Gasteiger partial charge in [0, 0.05) is 51.3 Å². The number of halogens is 1. The lowest BCUT2D eigenvalue weighted by atomic mass is 9.89. The third kappa shape index (κ3) is 6.15. The van der Waals surface area contributed by atoms with Gasteiger partial charge in [-0.15, -0.1) is 0 Å². The van der Waals surface area contributed by atoms with E-state index < -0.39 is 27.5 Å². The van der Waals surface area contributed by atoms with E-state index in [1.54, 1.807) is 6.92 Å². The molecular weight excluding hydrogens is 423 g/mol. The zero-order valence-corrected chi connectivity index (χ0v) is 19.3. The predicted molar refractivity (Wildman–Crippen MR) is 117 cm³/mol. The number of carbonyl (C=O) groups is 1. The third-order valence-corrected chi connectivity index (χ3v) is 7.56. The maximum Gasteiger partial charge on any atom is 0.235 e. The van der Waals surface area contributed by atoms with Crippen LogP contribution in [0.15, 0.2) is 18.2 Å². The number of hydrogen-bond acceptors (Lipinski definition) is 6. The second-order valence-electron chi connectivity index (χ2n) is 8.65. The molecular formula is C21H33FN4O4S. The van der Waals surface area contributed by atoms with Gasteiger partial charge in [-0.1, -0.05) is 0 Å². The first-order chi connectivity index (χ1) is 14.6. The number of carbonyl (C=O) groups excluding carboxylic acids is 1. The second kappa shape index (κ2) is 9.81. The number of hydrogen-bond donors (Lipinski definition) is 2. The van der Waals surface area contributed by atoms with Gasteiger partial charge in [-0.25, -0.2) is 12.8 Å². The largest absolute Gasteiger partial charge is 0.487 e. The van der Waals surface area contributed by atoms with Crippen LogP contribution in [0.5, 0.6) is 5.75 Å². The molecule has 0 radical (unpaired) electrons. The minimum atomic E-state index is -3.73. The number of nitrogens with zero attached hydrogens (tertiary/aromatic N) is 2. The van der Waals surface area contributed by atoms with Crippen LogP contribution in [0.1, 0.15) is 38.8 Å². The first-order valence-corrected chi connectivity index (χ1v) is 12.4. The molecule has 1 aromatic carbocycles. The monoisotopic (exact) mass is 456 g/mol. The quantitative estimate of drug-likeness (QED) is 0.609. The molecule has 1 atom stereocenters. The minimum Gasteiger partial charge on any atom is -0.487 e. The van der Waals surface area contributed by atoms with E-state index in [0.717, 1.165) is 26.2 Å². The van der Waals surface area contributed by atoms with E-state index in [0.29, 0.717) is 30.8 Å². The second-order valence-corrected chi connectivity index (χ2v) is 10.9. The number of amides is 1. The molecule has 0 spiro atoms. The fourth-order valence-corrected chi connectivity index (χ4v) is 5.32. The van der Waals surface area contributed by atoms with Crippen molar-refractivity contribution in [2.24, 2.45) is 0 Å². The summed E-state index contributed by atoms with van der Waals surface area (Å²) in [4.78, 5) is 14.9. The summed E-state index contributed by atoms with van der Waals surface area (Å²) in [6, 6.07) is 3.43. The average molecular weight is 457 g/mol. The lowest BCUT2D eigenvalue weighted by Crippen LogP contribution is -2.49. The van der Waals surface area contributed by atoms with Crippen molar-refractivity contribution in [3.8, 4) is 5.75 Å². The summed E-state index contributed by atoms with van der Waals surface area (Å²) < 4.78 is 47.1. The van der Waals surface area contributed by atoms with Crippen molar-refractivity contribution in [3.05, 3.63) is 29.6 Å². The van der Waals surface area contributed by atoms with Gasteiger partial charge in [0.25, 0.3) is 0 Å². The van der Waals surface area contributed by atoms with Crippen molar-refractivity contribution in [1.82, 2.24) is 19.8 Å². The average Bonchev–Trinajstić information content (AvgIpc) is 2.72. The summed E-state index contributed by atoms with van der Waals surface area (Å²) in [5.74, 6) is -0.544. The molecule has 0 aromatic heterocycles. The van der Waals surface area contributed by atoms with E-state index in [1.807, 2.05) is 13.8 Å². The van der Waals surface area contributed by atoms with Crippen LogP contribution in [0.3, 0.4) is 0 Å². The van der Waals surface area contributed by atoms with Gasteiger partial charge in [-0.3, -0.25) is 9.69 Å². The molecule has 1 unspecified atom stereocenters. The van der Waals surface area contributed by atoms with Crippen LogP contribution < -0.4 is 15.4 Å². The number of nitrogens with one attached hydrogen (secondary N) is 2. The molecule has 1 fully saturated rings. The summed E-state index contributed by atoms with van der Waals surface area (Å²) in [6.07, 6.45) is 0.316. The van der Waals surface area contributed by atoms with Gasteiger partial charge in [0.2, 0.25) is 15.9 Å². The molecule has 31 heavy (non-hydrogen) atoms. The summed E-state index contributed by atoms with van der Waals surface area (Å²) >= 11 is 0. The zero-order chi connectivity index (χ0) is 22.6. The lowest BCUT2D eigenvalue weighted by Gasteiger charge is -2.41. The van der Waals surface area contributed by atoms with Crippen LogP contribution in [0.2, 0.25) is 0 Å². The molecule has 1 saturated heterocycles. The number of fused-ring (bicyclic) bond motifs is 1. The van der Waals surface area contributed by atoms with Crippen LogP contribution in [0.4, 0.5) is 4.39 Å². The van der Waals surface area contributed by atoms with E-state index in [2.05, 4.69) is 15.5 Å². The van der Waals surface area contributed by atoms with Gasteiger partial charge in [-0.2, -0.15) is 4.31 Å². The molecule has 8 nitrogen and oxygen atoms in total. The Hall–Kier alpha value is -1.75. The number of benzene rings is 1. The van der Waals surface area contributed by atoms with E-state index in [4.69, 9.17) is 4.74 Å². The Morgan fingerprint density at radius 1 is 1.35 bits per heavy atom. The Balaban J connectivity index is 1.76. The molecule has 2 aliphatic heterocycles. The standard InChI is InChI=1S/C21H33FN4O4S/c1-4-31(28,29)26(15-20(27)24-9-12-25-10-7-23-8-11-25)18-14-21(2,3)30-19-6-5-16(22)13-17(18)19/h5-6,13,18,23H,4,7-12,14-15H2,1-3H3,(H,24,27). The SMILES string of the molecule is CCS(=O)(=O)N(CC(=O)NCCN1CCNCC1)C1CC(C)(C)Oc2ccc(F)cc21. The summed E-state index contributed by atoms with van der Waals surface area (Å²) in [5.41, 5.74) is -0.208. The van der Waals surface area contributed by atoms with Crippen molar-refractivity contribution in [2.45, 2.75) is 38.8 Å². The highest BCUT2D eigenvalue weighted by Crippen LogP contribution is 2.43. The van der Waals surface area contributed by atoms with E-state index in [9.17, 15) is 17.6 Å². The van der Waals surface area contributed by atoms with Crippen LogP contribution in [-0.4, -0.2) is 80.7 Å². The molecule has 2 heterocycles. The van der Waals surface area contributed by atoms with Crippen molar-refractivity contribution >= 4 is 15.9 Å². The Labute approximate surface area is 184 Å². The first kappa shape index (κ1) is 23.9. The first-order valence-electron chi connectivity index (χ1n) is 10.8. The molecule has 0 aliphatic carbocycles. The van der Waals surface area contributed by atoms with Crippen molar-refractivity contribution in [2.75, 3.05) is 51.6 Å². The molecule has 1 aromatic rings. The molecule has 2 aliphatic rings. The van der Waals surface area contributed by atoms with Crippen molar-refractivity contribution in [3.63, 3.8) is 0 Å². The van der Waals surface area contributed by atoms with Crippen molar-refractivity contribution in [1.29, 1.82) is 0 Å². The van der Waals surface area contributed by atoms with Gasteiger partial charge in [-0.05, 0) is 39.0 Å². The fraction of sp³-hybridized carbons (Fsp3) is 0.667. The zero-order valence-electron chi connectivity index (χ0n) is 18.5. The summed E-state index contributed by atoms with van der Waals surface area (Å²) in [5, 5.41) is 6.12. The molecule has 2 N–H and O–H groups in total. The van der Waals surface area contributed by atoms with Crippen LogP contribution in [0.25, 0.3) is 0 Å². The normalized spacial score (nSPS) is 21.4. The number of ether oxygens (including phenoxy) is 1. The molecule has 3 rings (SSSR count). The maximum atomic E-state index is 14.0. The van der Waals surface area contributed by atoms with E-state index >= 15 is 0 Å². The Morgan fingerprint density at radius 3 is 2.74 bits per heavy atom. The lowest BCUT2D eigenvalue weighted by molar-refractivity contribution is -0.122. The van der Waals surface area contributed by atoms with Gasteiger partial charge in [0.1, 0.15) is 17.2 Å². The highest BCUT2D eigenvalue weighted by Gasteiger charge is 2.41. The Bertz CT molecular complexity index is 887. The minimum absolute atomic E-state index is 0.149. The van der Waals surface area contributed by atoms with Crippen LogP contribution >= 0.6 is 0 Å². The number of sulfonamides is 1. The number of piperazine rings is 1. The van der Waals surface area contributed by atoms with Gasteiger partial charge in [0.15, 0.2) is 0 Å². The summed E-state index contributed by atoms with van der Waals surface area (Å²) in [7, 11) is -3.73. The van der Waals surface area contributed by atoms with E-state index in [-0.39, 0.29) is 18.2 Å². The van der Waals surface area contributed by atoms with Crippen LogP contribution in [0, 0.1) is 5.82 Å². The Morgan fingerprint density at radius 2 is 2.06 bits per heavy atom. The molecule has 1 amide bonds. The number of rotatable bonds is 8. The van der Waals surface area contributed by atoms with Gasteiger partial charge >= 0.3 is 0 Å². The highest BCUT2D eigenvalue weighted by molar-refractivity contribution is 7.89. The van der Waals surface area contributed by atoms with E-state index in [1.165, 1.54) is 22.5 Å². The van der Waals surface area contributed by atoms with Gasteiger partial charge < -0.3 is 15.4 Å². The third-order valence-electron chi connectivity index (χ3n) is 5.73. The molecule has 10 heteroatoms.